The number of fused-ring (bicyclic) bond motifs is 1. The average molecular weight is 282 g/mol. The summed E-state index contributed by atoms with van der Waals surface area (Å²) in [4.78, 5) is 0. The van der Waals surface area contributed by atoms with Crippen molar-refractivity contribution < 1.29 is 14.8 Å². The van der Waals surface area contributed by atoms with E-state index in [9.17, 15) is 10.0 Å². The third kappa shape index (κ3) is 3.12. The number of hydrogen-bond donors (Lipinski definition) is 2. The smallest absolute Gasteiger partial charge is 0.489 e. The summed E-state index contributed by atoms with van der Waals surface area (Å²) < 4.78 is 5.96. The molecule has 0 saturated heterocycles. The van der Waals surface area contributed by atoms with Crippen molar-refractivity contribution in [2.45, 2.75) is 32.3 Å². The van der Waals surface area contributed by atoms with Crippen LogP contribution in [0.25, 0.3) is 0 Å². The molecule has 2 aromatic carbocycles. The van der Waals surface area contributed by atoms with E-state index in [4.69, 9.17) is 4.74 Å². The zero-order valence-corrected chi connectivity index (χ0v) is 12.0. The molecule has 0 heterocycles. The molecular formula is C17H19BO3. The van der Waals surface area contributed by atoms with Crippen LogP contribution in [0.4, 0.5) is 0 Å². The molecule has 0 unspecified atom stereocenters. The highest BCUT2D eigenvalue weighted by Crippen LogP contribution is 2.29. The molecule has 0 fully saturated rings. The summed E-state index contributed by atoms with van der Waals surface area (Å²) in [6.45, 7) is 0.441. The number of aryl methyl sites for hydroxylation is 1. The van der Waals surface area contributed by atoms with Gasteiger partial charge in [-0.25, -0.2) is 0 Å². The van der Waals surface area contributed by atoms with Gasteiger partial charge in [0.1, 0.15) is 12.4 Å². The van der Waals surface area contributed by atoms with Crippen molar-refractivity contribution >= 4 is 12.6 Å². The molecule has 4 heteroatoms. The number of hydrogen-bond acceptors (Lipinski definition) is 3. The van der Waals surface area contributed by atoms with Crippen molar-refractivity contribution in [2.24, 2.45) is 0 Å². The minimum Gasteiger partial charge on any atom is -0.489 e. The van der Waals surface area contributed by atoms with Gasteiger partial charge in [0.25, 0.3) is 0 Å². The summed E-state index contributed by atoms with van der Waals surface area (Å²) in [5, 5.41) is 19.2. The lowest BCUT2D eigenvalue weighted by atomic mass is 9.76. The molecule has 0 atom stereocenters. The molecule has 3 rings (SSSR count). The second-order valence-corrected chi connectivity index (χ2v) is 5.48. The molecule has 0 bridgehead atoms. The zero-order chi connectivity index (χ0) is 14.7. The van der Waals surface area contributed by atoms with Crippen LogP contribution in [0.1, 0.15) is 29.5 Å². The Hall–Kier alpha value is -1.78. The van der Waals surface area contributed by atoms with Gasteiger partial charge in [0, 0.05) is 5.46 Å². The van der Waals surface area contributed by atoms with Crippen molar-refractivity contribution in [1.82, 2.24) is 0 Å². The second-order valence-electron chi connectivity index (χ2n) is 5.48. The Labute approximate surface area is 125 Å². The fraction of sp³-hybridized carbons (Fsp3) is 0.294. The normalized spacial score (nSPS) is 13.6. The lowest BCUT2D eigenvalue weighted by molar-refractivity contribution is 0.302. The van der Waals surface area contributed by atoms with Gasteiger partial charge in [-0.15, -0.1) is 0 Å². The largest absolute Gasteiger partial charge is 0.492 e. The van der Waals surface area contributed by atoms with E-state index in [-0.39, 0.29) is 0 Å². The van der Waals surface area contributed by atoms with E-state index < -0.39 is 7.12 Å². The van der Waals surface area contributed by atoms with Crippen LogP contribution in [0.2, 0.25) is 0 Å². The fourth-order valence-electron chi connectivity index (χ4n) is 2.92. The lowest BCUT2D eigenvalue weighted by Gasteiger charge is -2.22. The highest BCUT2D eigenvalue weighted by molar-refractivity contribution is 6.59. The van der Waals surface area contributed by atoms with Gasteiger partial charge in [-0.05, 0) is 42.4 Å². The van der Waals surface area contributed by atoms with Crippen LogP contribution in [0.15, 0.2) is 42.5 Å². The van der Waals surface area contributed by atoms with Gasteiger partial charge in [-0.3, -0.25) is 0 Å². The minimum absolute atomic E-state index is 0.441. The Kier molecular flexibility index (Phi) is 4.27. The monoisotopic (exact) mass is 282 g/mol. The van der Waals surface area contributed by atoms with Crippen molar-refractivity contribution in [3.8, 4) is 5.75 Å². The molecule has 2 N–H and O–H groups in total. The SMILES string of the molecule is OB(O)c1ccc2c(c1OCc1ccccc1)CCCC2. The highest BCUT2D eigenvalue weighted by atomic mass is 16.5. The summed E-state index contributed by atoms with van der Waals surface area (Å²) in [5.74, 6) is 0.658. The van der Waals surface area contributed by atoms with Gasteiger partial charge >= 0.3 is 7.12 Å². The van der Waals surface area contributed by atoms with Crippen LogP contribution in [0.3, 0.4) is 0 Å². The maximum atomic E-state index is 9.58. The number of ether oxygens (including phenoxy) is 1. The fourth-order valence-corrected chi connectivity index (χ4v) is 2.92. The molecule has 0 saturated carbocycles. The summed E-state index contributed by atoms with van der Waals surface area (Å²) in [5.41, 5.74) is 3.95. The van der Waals surface area contributed by atoms with Gasteiger partial charge in [0.2, 0.25) is 0 Å². The minimum atomic E-state index is -1.50. The quantitative estimate of drug-likeness (QED) is 0.841. The van der Waals surface area contributed by atoms with Crippen LogP contribution >= 0.6 is 0 Å². The Balaban J connectivity index is 1.91. The van der Waals surface area contributed by atoms with E-state index in [0.717, 1.165) is 30.4 Å². The Morgan fingerprint density at radius 1 is 0.952 bits per heavy atom. The summed E-state index contributed by atoms with van der Waals surface area (Å²) >= 11 is 0. The van der Waals surface area contributed by atoms with Crippen molar-refractivity contribution in [3.05, 3.63) is 59.2 Å². The Bertz CT molecular complexity index is 611. The first-order valence-electron chi connectivity index (χ1n) is 7.43. The third-order valence-corrected chi connectivity index (χ3v) is 4.02. The molecule has 0 aromatic heterocycles. The standard InChI is InChI=1S/C17H19BO3/c19-18(20)16-11-10-14-8-4-5-9-15(14)17(16)21-12-13-6-2-1-3-7-13/h1-3,6-7,10-11,19-20H,4-5,8-9,12H2. The average Bonchev–Trinajstić information content (AvgIpc) is 2.53. The molecule has 0 radical (unpaired) electrons. The van der Waals surface area contributed by atoms with Gasteiger partial charge in [0.15, 0.2) is 0 Å². The molecule has 108 valence electrons. The first kappa shape index (κ1) is 14.2. The van der Waals surface area contributed by atoms with Crippen molar-refractivity contribution in [2.75, 3.05) is 0 Å². The topological polar surface area (TPSA) is 49.7 Å². The molecule has 2 aromatic rings. The van der Waals surface area contributed by atoms with Gasteiger partial charge < -0.3 is 14.8 Å². The first-order chi connectivity index (χ1) is 10.3. The molecule has 0 aliphatic heterocycles. The van der Waals surface area contributed by atoms with Crippen molar-refractivity contribution in [3.63, 3.8) is 0 Å². The number of rotatable bonds is 4. The molecule has 3 nitrogen and oxygen atoms in total. The molecule has 21 heavy (non-hydrogen) atoms. The molecule has 0 amide bonds. The van der Waals surface area contributed by atoms with E-state index in [1.165, 1.54) is 12.0 Å². The zero-order valence-electron chi connectivity index (χ0n) is 12.0. The van der Waals surface area contributed by atoms with E-state index in [0.29, 0.717) is 17.8 Å². The maximum Gasteiger partial charge on any atom is 0.492 e. The lowest BCUT2D eigenvalue weighted by Crippen LogP contribution is -2.33. The Morgan fingerprint density at radius 3 is 2.48 bits per heavy atom. The van der Waals surface area contributed by atoms with Crippen LogP contribution in [-0.2, 0) is 19.4 Å². The predicted octanol–water partition coefficient (Wildman–Crippen LogP) is 1.82. The van der Waals surface area contributed by atoms with E-state index in [1.807, 2.05) is 36.4 Å². The highest BCUT2D eigenvalue weighted by Gasteiger charge is 2.23. The van der Waals surface area contributed by atoms with Crippen LogP contribution in [0, 0.1) is 0 Å². The summed E-state index contributed by atoms with van der Waals surface area (Å²) in [7, 11) is -1.50. The molecule has 0 spiro atoms. The van der Waals surface area contributed by atoms with E-state index >= 15 is 0 Å². The summed E-state index contributed by atoms with van der Waals surface area (Å²) in [6.07, 6.45) is 4.30. The molecule has 1 aliphatic rings. The molecular weight excluding hydrogens is 263 g/mol. The first-order valence-corrected chi connectivity index (χ1v) is 7.43. The third-order valence-electron chi connectivity index (χ3n) is 4.02. The van der Waals surface area contributed by atoms with Gasteiger partial charge in [0.05, 0.1) is 0 Å². The van der Waals surface area contributed by atoms with E-state index in [2.05, 4.69) is 0 Å². The van der Waals surface area contributed by atoms with Gasteiger partial charge in [-0.2, -0.15) is 0 Å². The van der Waals surface area contributed by atoms with E-state index in [1.54, 1.807) is 6.07 Å². The Morgan fingerprint density at radius 2 is 1.71 bits per heavy atom. The van der Waals surface area contributed by atoms with Crippen LogP contribution in [-0.4, -0.2) is 17.2 Å². The summed E-state index contributed by atoms with van der Waals surface area (Å²) in [6, 6.07) is 13.7. The van der Waals surface area contributed by atoms with Gasteiger partial charge in [-0.1, -0.05) is 42.5 Å². The van der Waals surface area contributed by atoms with Crippen molar-refractivity contribution in [1.29, 1.82) is 0 Å². The maximum absolute atomic E-state index is 9.58. The second kappa shape index (κ2) is 6.33. The van der Waals surface area contributed by atoms with Crippen LogP contribution < -0.4 is 10.2 Å². The predicted molar refractivity (Wildman–Crippen MR) is 83.7 cm³/mol. The molecule has 1 aliphatic carbocycles. The van der Waals surface area contributed by atoms with Crippen LogP contribution in [0.5, 0.6) is 5.75 Å². The number of benzene rings is 2.